The third-order valence-electron chi connectivity index (χ3n) is 5.19. The van der Waals surface area contributed by atoms with Crippen LogP contribution in [-0.2, 0) is 0 Å². The highest BCUT2D eigenvalue weighted by Crippen LogP contribution is 2.21. The van der Waals surface area contributed by atoms with E-state index in [4.69, 9.17) is 5.73 Å². The number of hydrogen-bond acceptors (Lipinski definition) is 3. The van der Waals surface area contributed by atoms with Crippen molar-refractivity contribution in [2.45, 2.75) is 32.7 Å². The third-order valence-corrected chi connectivity index (χ3v) is 5.19. The van der Waals surface area contributed by atoms with E-state index in [1.54, 1.807) is 0 Å². The average Bonchev–Trinajstić information content (AvgIpc) is 2.72. The van der Waals surface area contributed by atoms with Gasteiger partial charge < -0.3 is 15.5 Å². The molecule has 0 unspecified atom stereocenters. The van der Waals surface area contributed by atoms with Crippen LogP contribution in [-0.4, -0.2) is 38.1 Å². The zero-order valence-electron chi connectivity index (χ0n) is 15.9. The largest absolute Gasteiger partial charge is 0.383 e. The molecule has 3 rings (SSSR count). The zero-order valence-corrected chi connectivity index (χ0v) is 15.9. The lowest BCUT2D eigenvalue weighted by atomic mass is 10.1. The molecule has 1 aliphatic heterocycles. The number of aliphatic imine (C=N–C) groups is 1. The first-order valence-corrected chi connectivity index (χ1v) is 9.70. The molecule has 0 bridgehead atoms. The Morgan fingerprint density at radius 1 is 0.846 bits per heavy atom. The Balaban J connectivity index is 1.61. The number of para-hydroxylation sites is 1. The van der Waals surface area contributed by atoms with E-state index in [1.165, 1.54) is 11.4 Å². The van der Waals surface area contributed by atoms with Gasteiger partial charge in [0.1, 0.15) is 5.84 Å². The fourth-order valence-corrected chi connectivity index (χ4v) is 3.45. The summed E-state index contributed by atoms with van der Waals surface area (Å²) in [7, 11) is 0. The Kier molecular flexibility index (Phi) is 6.16. The van der Waals surface area contributed by atoms with E-state index in [0.29, 0.717) is 11.9 Å². The summed E-state index contributed by atoms with van der Waals surface area (Å²) in [5, 5.41) is 0. The maximum Gasteiger partial charge on any atom is 0.125 e. The van der Waals surface area contributed by atoms with Gasteiger partial charge in [-0.25, -0.2) is 0 Å². The predicted molar refractivity (Wildman–Crippen MR) is 112 cm³/mol. The van der Waals surface area contributed by atoms with Crippen LogP contribution in [0.4, 0.5) is 11.4 Å². The molecule has 1 saturated heterocycles. The summed E-state index contributed by atoms with van der Waals surface area (Å²) in [4.78, 5) is 9.54. The smallest absolute Gasteiger partial charge is 0.125 e. The highest BCUT2D eigenvalue weighted by atomic mass is 15.3. The van der Waals surface area contributed by atoms with Crippen LogP contribution in [0.15, 0.2) is 59.6 Å². The fourth-order valence-electron chi connectivity index (χ4n) is 3.45. The monoisotopic (exact) mass is 350 g/mol. The molecule has 26 heavy (non-hydrogen) atoms. The molecule has 0 radical (unpaired) electrons. The van der Waals surface area contributed by atoms with E-state index in [0.717, 1.165) is 44.6 Å². The first-order chi connectivity index (χ1) is 12.7. The first kappa shape index (κ1) is 18.3. The molecule has 2 aromatic rings. The quantitative estimate of drug-likeness (QED) is 0.635. The maximum atomic E-state index is 6.19. The van der Waals surface area contributed by atoms with Gasteiger partial charge in [0, 0.05) is 43.1 Å². The maximum absolute atomic E-state index is 6.19. The number of anilines is 2. The molecule has 2 aromatic carbocycles. The molecule has 4 heteroatoms. The molecule has 0 saturated carbocycles. The second-order valence-corrected chi connectivity index (χ2v) is 6.84. The van der Waals surface area contributed by atoms with Gasteiger partial charge in [0.05, 0.1) is 6.04 Å². The molecular weight excluding hydrogens is 320 g/mol. The fraction of sp³-hybridized carbons (Fsp3) is 0.409. The Labute approximate surface area is 157 Å². The topological polar surface area (TPSA) is 44.9 Å². The molecular formula is C22H30N4. The van der Waals surface area contributed by atoms with E-state index in [9.17, 15) is 0 Å². The second-order valence-electron chi connectivity index (χ2n) is 6.84. The Bertz CT molecular complexity index is 697. The van der Waals surface area contributed by atoms with E-state index in [-0.39, 0.29) is 0 Å². The normalized spacial score (nSPS) is 15.6. The summed E-state index contributed by atoms with van der Waals surface area (Å²) in [5.74, 6) is 0.652. The number of nitrogens with two attached hydrogens (primary N) is 1. The number of nitrogens with zero attached hydrogens (tertiary/aromatic N) is 3. The van der Waals surface area contributed by atoms with Crippen molar-refractivity contribution in [3.05, 3.63) is 60.2 Å². The van der Waals surface area contributed by atoms with Gasteiger partial charge in [-0.05, 0) is 49.2 Å². The zero-order chi connectivity index (χ0) is 18.4. The molecule has 0 atom stereocenters. The van der Waals surface area contributed by atoms with Crippen molar-refractivity contribution in [1.29, 1.82) is 0 Å². The van der Waals surface area contributed by atoms with Gasteiger partial charge in [0.2, 0.25) is 0 Å². The van der Waals surface area contributed by atoms with Crippen LogP contribution < -0.4 is 15.5 Å². The lowest BCUT2D eigenvalue weighted by molar-refractivity contribution is 0.631. The molecule has 0 aliphatic carbocycles. The molecule has 4 nitrogen and oxygen atoms in total. The van der Waals surface area contributed by atoms with Gasteiger partial charge in [-0.2, -0.15) is 0 Å². The van der Waals surface area contributed by atoms with Crippen molar-refractivity contribution in [3.8, 4) is 0 Å². The number of piperazine rings is 1. The number of hydrogen-bond donors (Lipinski definition) is 1. The van der Waals surface area contributed by atoms with Gasteiger partial charge in [0.15, 0.2) is 0 Å². The van der Waals surface area contributed by atoms with E-state index in [2.05, 4.69) is 83.2 Å². The van der Waals surface area contributed by atoms with E-state index in [1.807, 2.05) is 0 Å². The van der Waals surface area contributed by atoms with Gasteiger partial charge in [0.25, 0.3) is 0 Å². The predicted octanol–water partition coefficient (Wildman–Crippen LogP) is 3.91. The Morgan fingerprint density at radius 3 is 1.85 bits per heavy atom. The van der Waals surface area contributed by atoms with Crippen molar-refractivity contribution in [1.82, 2.24) is 0 Å². The summed E-state index contributed by atoms with van der Waals surface area (Å²) < 4.78 is 0. The van der Waals surface area contributed by atoms with Crippen molar-refractivity contribution >= 4 is 17.2 Å². The average molecular weight is 351 g/mol. The molecule has 0 spiro atoms. The second kappa shape index (κ2) is 8.75. The van der Waals surface area contributed by atoms with E-state index >= 15 is 0 Å². The molecule has 2 N–H and O–H groups in total. The summed E-state index contributed by atoms with van der Waals surface area (Å²) in [6.07, 6.45) is 2.06. The molecule has 1 heterocycles. The standard InChI is InChI=1S/C22H30N4/c1-3-19(4-2)24-22(23)18-10-12-21(13-11-18)26-16-14-25(15-17-26)20-8-6-5-7-9-20/h5-13,19H,3-4,14-17H2,1-2H3,(H2,23,24). The lowest BCUT2D eigenvalue weighted by Gasteiger charge is -2.37. The summed E-state index contributed by atoms with van der Waals surface area (Å²) >= 11 is 0. The van der Waals surface area contributed by atoms with Gasteiger partial charge >= 0.3 is 0 Å². The first-order valence-electron chi connectivity index (χ1n) is 9.70. The van der Waals surface area contributed by atoms with Crippen LogP contribution in [0, 0.1) is 0 Å². The minimum absolute atomic E-state index is 0.320. The number of benzene rings is 2. The Morgan fingerprint density at radius 2 is 1.35 bits per heavy atom. The molecule has 1 aliphatic rings. The van der Waals surface area contributed by atoms with Crippen molar-refractivity contribution < 1.29 is 0 Å². The highest BCUT2D eigenvalue weighted by molar-refractivity contribution is 5.97. The van der Waals surface area contributed by atoms with Crippen LogP contribution in [0.3, 0.4) is 0 Å². The number of amidine groups is 1. The number of rotatable bonds is 6. The van der Waals surface area contributed by atoms with E-state index < -0.39 is 0 Å². The highest BCUT2D eigenvalue weighted by Gasteiger charge is 2.17. The Hall–Kier alpha value is -2.49. The van der Waals surface area contributed by atoms with Crippen LogP contribution in [0.2, 0.25) is 0 Å². The van der Waals surface area contributed by atoms with Gasteiger partial charge in [-0.3, -0.25) is 4.99 Å². The molecule has 0 amide bonds. The minimum atomic E-state index is 0.320. The summed E-state index contributed by atoms with van der Waals surface area (Å²) in [5.41, 5.74) is 9.78. The van der Waals surface area contributed by atoms with Crippen LogP contribution >= 0.6 is 0 Å². The summed E-state index contributed by atoms with van der Waals surface area (Å²) in [6.45, 7) is 8.47. The van der Waals surface area contributed by atoms with Crippen LogP contribution in [0.1, 0.15) is 32.3 Å². The molecule has 138 valence electrons. The van der Waals surface area contributed by atoms with Crippen LogP contribution in [0.25, 0.3) is 0 Å². The SMILES string of the molecule is CCC(CC)N=C(N)c1ccc(N2CCN(c3ccccc3)CC2)cc1. The van der Waals surface area contributed by atoms with Gasteiger partial charge in [-0.15, -0.1) is 0 Å². The third kappa shape index (κ3) is 4.37. The van der Waals surface area contributed by atoms with Crippen molar-refractivity contribution in [3.63, 3.8) is 0 Å². The van der Waals surface area contributed by atoms with Gasteiger partial charge in [-0.1, -0.05) is 32.0 Å². The summed E-state index contributed by atoms with van der Waals surface area (Å²) in [6, 6.07) is 19.5. The molecule has 1 fully saturated rings. The van der Waals surface area contributed by atoms with Crippen LogP contribution in [0.5, 0.6) is 0 Å². The molecule has 0 aromatic heterocycles. The van der Waals surface area contributed by atoms with Crippen molar-refractivity contribution in [2.75, 3.05) is 36.0 Å². The minimum Gasteiger partial charge on any atom is -0.383 e. The van der Waals surface area contributed by atoms with Crippen molar-refractivity contribution in [2.24, 2.45) is 10.7 Å². The lowest BCUT2D eigenvalue weighted by Crippen LogP contribution is -2.46.